The highest BCUT2D eigenvalue weighted by Crippen LogP contribution is 2.38. The van der Waals surface area contributed by atoms with E-state index in [1.165, 1.54) is 0 Å². The summed E-state index contributed by atoms with van der Waals surface area (Å²) in [7, 11) is 0. The molecule has 112 valence electrons. The number of halogens is 2. The van der Waals surface area contributed by atoms with E-state index in [4.69, 9.17) is 23.2 Å². The van der Waals surface area contributed by atoms with Gasteiger partial charge in [-0.05, 0) is 17.7 Å². The highest BCUT2D eigenvalue weighted by atomic mass is 35.5. The Morgan fingerprint density at radius 1 is 0.909 bits per heavy atom. The molecular formula is C17H14Cl2N2O. The summed E-state index contributed by atoms with van der Waals surface area (Å²) >= 11 is 12.6. The lowest BCUT2D eigenvalue weighted by molar-refractivity contribution is 0.131. The lowest BCUT2D eigenvalue weighted by Crippen LogP contribution is -2.19. The molecule has 3 rings (SSSR count). The van der Waals surface area contributed by atoms with E-state index in [9.17, 15) is 5.11 Å². The number of rotatable bonds is 4. The lowest BCUT2D eigenvalue weighted by atomic mass is 9.95. The van der Waals surface area contributed by atoms with Crippen molar-refractivity contribution in [1.82, 2.24) is 9.55 Å². The number of hydrogen-bond acceptors (Lipinski definition) is 2. The number of aliphatic hydroxyl groups is 1. The maximum atomic E-state index is 10.9. The van der Waals surface area contributed by atoms with Crippen molar-refractivity contribution in [3.8, 4) is 0 Å². The van der Waals surface area contributed by atoms with Crippen molar-refractivity contribution in [2.45, 2.75) is 12.1 Å². The first-order chi connectivity index (χ1) is 10.7. The van der Waals surface area contributed by atoms with Gasteiger partial charge in [0.05, 0.1) is 12.4 Å². The molecule has 1 aromatic heterocycles. The monoisotopic (exact) mass is 332 g/mol. The normalized spacial score (nSPS) is 13.8. The summed E-state index contributed by atoms with van der Waals surface area (Å²) in [6.45, 7) is 0. The Kier molecular flexibility index (Phi) is 4.48. The third kappa shape index (κ3) is 2.88. The van der Waals surface area contributed by atoms with Gasteiger partial charge in [0.25, 0.3) is 0 Å². The minimum atomic E-state index is -0.845. The Morgan fingerprint density at radius 3 is 2.05 bits per heavy atom. The average Bonchev–Trinajstić information content (AvgIpc) is 3.04. The maximum Gasteiger partial charge on any atom is 0.105 e. The summed E-state index contributed by atoms with van der Waals surface area (Å²) in [4.78, 5) is 4.07. The van der Waals surface area contributed by atoms with Crippen LogP contribution in [-0.2, 0) is 0 Å². The second kappa shape index (κ2) is 6.53. The van der Waals surface area contributed by atoms with Gasteiger partial charge in [-0.1, -0.05) is 59.6 Å². The molecule has 2 aromatic carbocycles. The van der Waals surface area contributed by atoms with Crippen molar-refractivity contribution < 1.29 is 5.11 Å². The van der Waals surface area contributed by atoms with Crippen LogP contribution in [0.4, 0.5) is 0 Å². The molecule has 3 aromatic rings. The maximum absolute atomic E-state index is 10.9. The largest absolute Gasteiger partial charge is 0.386 e. The van der Waals surface area contributed by atoms with Crippen molar-refractivity contribution in [3.63, 3.8) is 0 Å². The van der Waals surface area contributed by atoms with E-state index >= 15 is 0 Å². The van der Waals surface area contributed by atoms with E-state index in [1.807, 2.05) is 41.0 Å². The summed E-state index contributed by atoms with van der Waals surface area (Å²) < 4.78 is 1.83. The topological polar surface area (TPSA) is 38.0 Å². The molecule has 5 heteroatoms. The zero-order chi connectivity index (χ0) is 15.5. The number of hydrogen-bond donors (Lipinski definition) is 1. The van der Waals surface area contributed by atoms with E-state index < -0.39 is 12.1 Å². The molecule has 1 heterocycles. The molecule has 3 nitrogen and oxygen atoms in total. The van der Waals surface area contributed by atoms with Crippen molar-refractivity contribution in [3.05, 3.63) is 88.4 Å². The number of imidazole rings is 1. The first-order valence-electron chi connectivity index (χ1n) is 6.83. The Labute approximate surface area is 138 Å². The molecule has 2 atom stereocenters. The molecular weight excluding hydrogens is 319 g/mol. The summed E-state index contributed by atoms with van der Waals surface area (Å²) in [6.07, 6.45) is 4.29. The van der Waals surface area contributed by atoms with Crippen LogP contribution in [0.2, 0.25) is 10.0 Å². The predicted octanol–water partition coefficient (Wildman–Crippen LogP) is 4.51. The van der Waals surface area contributed by atoms with Gasteiger partial charge < -0.3 is 9.67 Å². The van der Waals surface area contributed by atoms with E-state index in [0.717, 1.165) is 5.56 Å². The fourth-order valence-corrected chi connectivity index (χ4v) is 3.02. The van der Waals surface area contributed by atoms with Crippen LogP contribution >= 0.6 is 23.2 Å². The predicted molar refractivity (Wildman–Crippen MR) is 88.2 cm³/mol. The molecule has 0 radical (unpaired) electrons. The smallest absolute Gasteiger partial charge is 0.105 e. The lowest BCUT2D eigenvalue weighted by Gasteiger charge is -2.26. The van der Waals surface area contributed by atoms with Crippen molar-refractivity contribution >= 4 is 23.2 Å². The highest BCUT2D eigenvalue weighted by molar-refractivity contribution is 6.31. The Morgan fingerprint density at radius 2 is 1.50 bits per heavy atom. The molecule has 1 N–H and O–H groups in total. The zero-order valence-electron chi connectivity index (χ0n) is 11.6. The highest BCUT2D eigenvalue weighted by Gasteiger charge is 2.27. The van der Waals surface area contributed by atoms with Gasteiger partial charge in [0.15, 0.2) is 0 Å². The first-order valence-corrected chi connectivity index (χ1v) is 7.58. The Balaban J connectivity index is 2.11. The van der Waals surface area contributed by atoms with Crippen LogP contribution in [0.15, 0.2) is 67.3 Å². The van der Waals surface area contributed by atoms with Crippen LogP contribution in [0, 0.1) is 0 Å². The van der Waals surface area contributed by atoms with Gasteiger partial charge in [-0.3, -0.25) is 0 Å². The van der Waals surface area contributed by atoms with Crippen LogP contribution < -0.4 is 0 Å². The second-order valence-corrected chi connectivity index (χ2v) is 5.76. The average molecular weight is 333 g/mol. The van der Waals surface area contributed by atoms with E-state index in [2.05, 4.69) is 4.98 Å². The SMILES string of the molecule is OC(c1ccccc1Cl)C(c1ccccc1Cl)n1ccnc1. The third-order valence-electron chi connectivity index (χ3n) is 3.59. The van der Waals surface area contributed by atoms with E-state index in [1.54, 1.807) is 30.9 Å². The molecule has 0 saturated heterocycles. The summed E-state index contributed by atoms with van der Waals surface area (Å²) in [5.41, 5.74) is 1.47. The van der Waals surface area contributed by atoms with Crippen molar-refractivity contribution in [2.75, 3.05) is 0 Å². The van der Waals surface area contributed by atoms with Crippen LogP contribution in [0.25, 0.3) is 0 Å². The van der Waals surface area contributed by atoms with Crippen LogP contribution in [-0.4, -0.2) is 14.7 Å². The quantitative estimate of drug-likeness (QED) is 0.763. The molecule has 0 spiro atoms. The zero-order valence-corrected chi connectivity index (χ0v) is 13.1. The Bertz CT molecular complexity index is 759. The molecule has 0 bridgehead atoms. The van der Waals surface area contributed by atoms with Crippen LogP contribution in [0.1, 0.15) is 23.3 Å². The standard InChI is InChI=1S/C17H14Cl2N2O/c18-14-7-3-1-5-12(14)16(21-10-9-20-11-21)17(22)13-6-2-4-8-15(13)19/h1-11,16-17,22H. The molecule has 0 aliphatic heterocycles. The van der Waals surface area contributed by atoms with Crippen molar-refractivity contribution in [2.24, 2.45) is 0 Å². The third-order valence-corrected chi connectivity index (χ3v) is 4.28. The van der Waals surface area contributed by atoms with Crippen LogP contribution in [0.3, 0.4) is 0 Å². The minimum Gasteiger partial charge on any atom is -0.386 e. The molecule has 2 unspecified atom stereocenters. The Hall–Kier alpha value is -1.81. The van der Waals surface area contributed by atoms with Crippen molar-refractivity contribution in [1.29, 1.82) is 0 Å². The van der Waals surface area contributed by atoms with E-state index in [-0.39, 0.29) is 0 Å². The van der Waals surface area contributed by atoms with Gasteiger partial charge in [0, 0.05) is 28.0 Å². The fourth-order valence-electron chi connectivity index (χ4n) is 2.53. The molecule has 0 aliphatic carbocycles. The molecule has 22 heavy (non-hydrogen) atoms. The van der Waals surface area contributed by atoms with Gasteiger partial charge in [-0.2, -0.15) is 0 Å². The molecule has 0 aliphatic rings. The first kappa shape index (κ1) is 15.1. The van der Waals surface area contributed by atoms with Gasteiger partial charge >= 0.3 is 0 Å². The van der Waals surface area contributed by atoms with E-state index in [0.29, 0.717) is 15.6 Å². The number of benzene rings is 2. The summed E-state index contributed by atoms with van der Waals surface area (Å²) in [5.74, 6) is 0. The van der Waals surface area contributed by atoms with Gasteiger partial charge in [-0.15, -0.1) is 0 Å². The van der Waals surface area contributed by atoms with Gasteiger partial charge in [0.2, 0.25) is 0 Å². The molecule has 0 fully saturated rings. The second-order valence-electron chi connectivity index (χ2n) is 4.94. The van der Waals surface area contributed by atoms with Gasteiger partial charge in [0.1, 0.15) is 6.10 Å². The molecule has 0 amide bonds. The summed E-state index contributed by atoms with van der Waals surface area (Å²) in [5, 5.41) is 12.0. The summed E-state index contributed by atoms with van der Waals surface area (Å²) in [6, 6.07) is 14.3. The fraction of sp³-hybridized carbons (Fsp3) is 0.118. The number of aromatic nitrogens is 2. The van der Waals surface area contributed by atoms with Gasteiger partial charge in [-0.25, -0.2) is 4.98 Å². The van der Waals surface area contributed by atoms with Crippen LogP contribution in [0.5, 0.6) is 0 Å². The number of nitrogens with zero attached hydrogens (tertiary/aromatic N) is 2. The minimum absolute atomic E-state index is 0.406. The number of aliphatic hydroxyl groups excluding tert-OH is 1. The molecule has 0 saturated carbocycles.